The number of carbonyl (C=O) groups excluding carboxylic acids is 2. The van der Waals surface area contributed by atoms with E-state index < -0.39 is 5.92 Å². The maximum absolute atomic E-state index is 12.7. The Morgan fingerprint density at radius 3 is 2.29 bits per heavy atom. The van der Waals surface area contributed by atoms with Crippen LogP contribution in [-0.4, -0.2) is 18.4 Å². The van der Waals surface area contributed by atoms with Crippen molar-refractivity contribution in [1.29, 1.82) is 0 Å². The minimum absolute atomic E-state index is 0.0447. The number of hydrogen-bond donors (Lipinski definition) is 0. The third-order valence-electron chi connectivity index (χ3n) is 4.35. The van der Waals surface area contributed by atoms with E-state index in [1.807, 2.05) is 60.7 Å². The molecule has 0 heterocycles. The first-order valence-corrected chi connectivity index (χ1v) is 8.22. The molecular formula is C21H20O3. The van der Waals surface area contributed by atoms with Crippen molar-refractivity contribution >= 4 is 17.3 Å². The van der Waals surface area contributed by atoms with Crippen LogP contribution in [0.15, 0.2) is 66.7 Å². The minimum Gasteiger partial charge on any atom is -0.466 e. The van der Waals surface area contributed by atoms with Crippen LogP contribution in [0.3, 0.4) is 0 Å². The third kappa shape index (κ3) is 3.30. The van der Waals surface area contributed by atoms with E-state index in [1.165, 1.54) is 0 Å². The summed E-state index contributed by atoms with van der Waals surface area (Å²) in [6.45, 7) is 2.13. The lowest BCUT2D eigenvalue weighted by Crippen LogP contribution is -2.30. The Kier molecular flexibility index (Phi) is 4.90. The summed E-state index contributed by atoms with van der Waals surface area (Å²) in [4.78, 5) is 25.0. The summed E-state index contributed by atoms with van der Waals surface area (Å²) in [5.74, 6) is -0.886. The number of hydrogen-bond acceptors (Lipinski definition) is 3. The van der Waals surface area contributed by atoms with Crippen molar-refractivity contribution in [3.63, 3.8) is 0 Å². The molecule has 1 aliphatic carbocycles. The molecule has 122 valence electrons. The van der Waals surface area contributed by atoms with Crippen LogP contribution in [0.4, 0.5) is 0 Å². The van der Waals surface area contributed by atoms with E-state index in [0.717, 1.165) is 16.7 Å². The van der Waals surface area contributed by atoms with E-state index in [4.69, 9.17) is 4.74 Å². The number of carbonyl (C=O) groups is 2. The molecule has 1 aliphatic rings. The molecule has 3 rings (SSSR count). The predicted octanol–water partition coefficient (Wildman–Crippen LogP) is 4.01. The van der Waals surface area contributed by atoms with Gasteiger partial charge in [-0.2, -0.15) is 0 Å². The van der Waals surface area contributed by atoms with Crippen LogP contribution in [0.5, 0.6) is 0 Å². The van der Waals surface area contributed by atoms with E-state index in [9.17, 15) is 9.59 Å². The Balaban J connectivity index is 2.08. The second-order valence-electron chi connectivity index (χ2n) is 5.88. The first-order valence-electron chi connectivity index (χ1n) is 8.22. The summed E-state index contributed by atoms with van der Waals surface area (Å²) in [5.41, 5.74) is 2.63. The standard InChI is InChI=1S/C21H20O3/c1-2-24-21(23)20-18(15-9-5-3-6-10-15)13-17(22)14-19(20)16-11-7-4-8-12-16/h3-13,19-20H,2,14H2,1H3/t19-,20+/m0/s1. The van der Waals surface area contributed by atoms with Crippen LogP contribution >= 0.6 is 0 Å². The highest BCUT2D eigenvalue weighted by Gasteiger charge is 2.38. The Bertz CT molecular complexity index is 747. The predicted molar refractivity (Wildman–Crippen MR) is 93.3 cm³/mol. The van der Waals surface area contributed by atoms with E-state index in [-0.39, 0.29) is 17.7 Å². The molecule has 2 aromatic rings. The van der Waals surface area contributed by atoms with Crippen molar-refractivity contribution in [2.75, 3.05) is 6.61 Å². The number of benzene rings is 2. The first-order chi connectivity index (χ1) is 11.7. The van der Waals surface area contributed by atoms with Gasteiger partial charge in [-0.15, -0.1) is 0 Å². The van der Waals surface area contributed by atoms with Crippen LogP contribution in [0.2, 0.25) is 0 Å². The molecule has 2 aromatic carbocycles. The summed E-state index contributed by atoms with van der Waals surface area (Å²) in [6.07, 6.45) is 1.93. The molecule has 0 radical (unpaired) electrons. The van der Waals surface area contributed by atoms with Crippen LogP contribution in [0, 0.1) is 5.92 Å². The highest BCUT2D eigenvalue weighted by molar-refractivity contribution is 6.04. The van der Waals surface area contributed by atoms with Gasteiger partial charge in [0.05, 0.1) is 12.5 Å². The molecule has 0 bridgehead atoms. The normalized spacial score (nSPS) is 20.4. The summed E-state index contributed by atoms with van der Waals surface area (Å²) >= 11 is 0. The molecule has 0 spiro atoms. The molecule has 0 unspecified atom stereocenters. The van der Waals surface area contributed by atoms with Crippen LogP contribution in [-0.2, 0) is 14.3 Å². The van der Waals surface area contributed by atoms with E-state index in [1.54, 1.807) is 13.0 Å². The van der Waals surface area contributed by atoms with Crippen LogP contribution in [0.1, 0.15) is 30.4 Å². The number of allylic oxidation sites excluding steroid dienone is 1. The van der Waals surface area contributed by atoms with Gasteiger partial charge in [0, 0.05) is 12.3 Å². The maximum Gasteiger partial charge on any atom is 0.314 e. The lowest BCUT2D eigenvalue weighted by molar-refractivity contribution is -0.146. The van der Waals surface area contributed by atoms with Gasteiger partial charge < -0.3 is 4.74 Å². The summed E-state index contributed by atoms with van der Waals surface area (Å²) in [6, 6.07) is 19.3. The molecule has 2 atom stereocenters. The molecule has 0 aliphatic heterocycles. The van der Waals surface area contributed by atoms with Crippen LogP contribution in [0.25, 0.3) is 5.57 Å². The quantitative estimate of drug-likeness (QED) is 0.800. The Labute approximate surface area is 142 Å². The van der Waals surface area contributed by atoms with Crippen molar-refractivity contribution < 1.29 is 14.3 Å². The minimum atomic E-state index is -0.465. The van der Waals surface area contributed by atoms with Gasteiger partial charge in [0.1, 0.15) is 0 Å². The topological polar surface area (TPSA) is 43.4 Å². The van der Waals surface area contributed by atoms with Gasteiger partial charge in [0.25, 0.3) is 0 Å². The average molecular weight is 320 g/mol. The van der Waals surface area contributed by atoms with Crippen molar-refractivity contribution in [2.24, 2.45) is 5.92 Å². The maximum atomic E-state index is 12.7. The molecule has 3 nitrogen and oxygen atoms in total. The zero-order chi connectivity index (χ0) is 16.9. The summed E-state index contributed by atoms with van der Waals surface area (Å²) in [5, 5.41) is 0. The van der Waals surface area contributed by atoms with Crippen molar-refractivity contribution in [2.45, 2.75) is 19.3 Å². The van der Waals surface area contributed by atoms with Gasteiger partial charge in [-0.3, -0.25) is 9.59 Å². The smallest absolute Gasteiger partial charge is 0.314 e. The molecular weight excluding hydrogens is 300 g/mol. The number of rotatable bonds is 4. The Hall–Kier alpha value is -2.68. The van der Waals surface area contributed by atoms with Gasteiger partial charge in [-0.05, 0) is 29.7 Å². The molecule has 0 saturated heterocycles. The molecule has 0 amide bonds. The lowest BCUT2D eigenvalue weighted by atomic mass is 9.72. The number of esters is 1. The van der Waals surface area contributed by atoms with E-state index >= 15 is 0 Å². The highest BCUT2D eigenvalue weighted by Crippen LogP contribution is 2.42. The summed E-state index contributed by atoms with van der Waals surface area (Å²) < 4.78 is 5.33. The molecule has 0 aromatic heterocycles. The van der Waals surface area contributed by atoms with Gasteiger partial charge in [0.15, 0.2) is 5.78 Å². The second kappa shape index (κ2) is 7.26. The van der Waals surface area contributed by atoms with E-state index in [2.05, 4.69) is 0 Å². The Morgan fingerprint density at radius 1 is 1.04 bits per heavy atom. The molecule has 24 heavy (non-hydrogen) atoms. The molecule has 0 saturated carbocycles. The first kappa shape index (κ1) is 16.2. The summed E-state index contributed by atoms with van der Waals surface area (Å²) in [7, 11) is 0. The zero-order valence-corrected chi connectivity index (χ0v) is 13.6. The fraction of sp³-hybridized carbons (Fsp3) is 0.238. The van der Waals surface area contributed by atoms with Gasteiger partial charge >= 0.3 is 5.97 Å². The third-order valence-corrected chi connectivity index (χ3v) is 4.35. The lowest BCUT2D eigenvalue weighted by Gasteiger charge is -2.31. The van der Waals surface area contributed by atoms with Crippen molar-refractivity contribution in [3.8, 4) is 0 Å². The molecule has 0 fully saturated rings. The fourth-order valence-corrected chi connectivity index (χ4v) is 3.30. The molecule has 0 N–H and O–H groups in total. The molecule has 3 heteroatoms. The SMILES string of the molecule is CCOC(=O)[C@@H]1C(c2ccccc2)=CC(=O)C[C@H]1c1ccccc1. The zero-order valence-electron chi connectivity index (χ0n) is 13.6. The van der Waals surface area contributed by atoms with Crippen molar-refractivity contribution in [3.05, 3.63) is 77.9 Å². The second-order valence-corrected chi connectivity index (χ2v) is 5.88. The van der Waals surface area contributed by atoms with Gasteiger partial charge in [-0.25, -0.2) is 0 Å². The highest BCUT2D eigenvalue weighted by atomic mass is 16.5. The van der Waals surface area contributed by atoms with Crippen molar-refractivity contribution in [1.82, 2.24) is 0 Å². The average Bonchev–Trinajstić information content (AvgIpc) is 2.62. The van der Waals surface area contributed by atoms with Crippen LogP contribution < -0.4 is 0 Å². The largest absolute Gasteiger partial charge is 0.466 e. The monoisotopic (exact) mass is 320 g/mol. The van der Waals surface area contributed by atoms with E-state index in [0.29, 0.717) is 13.0 Å². The number of ketones is 1. The fourth-order valence-electron chi connectivity index (χ4n) is 3.30. The Morgan fingerprint density at radius 2 is 1.67 bits per heavy atom. The van der Waals surface area contributed by atoms with Gasteiger partial charge in [-0.1, -0.05) is 60.7 Å². The number of ether oxygens (including phenoxy) is 1. The van der Waals surface area contributed by atoms with Gasteiger partial charge in [0.2, 0.25) is 0 Å².